The number of carbonyl (C=O) groups is 1. The molecule has 0 aromatic rings. The molecule has 0 bridgehead atoms. The van der Waals surface area contributed by atoms with E-state index < -0.39 is 0 Å². The van der Waals surface area contributed by atoms with Crippen molar-refractivity contribution in [1.29, 1.82) is 0 Å². The molecule has 4 nitrogen and oxygen atoms in total. The zero-order valence-corrected chi connectivity index (χ0v) is 12.3. The van der Waals surface area contributed by atoms with Crippen LogP contribution in [0.1, 0.15) is 51.4 Å². The fourth-order valence-corrected chi connectivity index (χ4v) is 3.78. The number of aliphatic hydroxyl groups is 2. The Bertz CT molecular complexity index is 293. The lowest BCUT2D eigenvalue weighted by atomic mass is 9.80. The third-order valence-electron chi connectivity index (χ3n) is 5.19. The number of esters is 1. The molecule has 0 aromatic carbocycles. The summed E-state index contributed by atoms with van der Waals surface area (Å²) < 4.78 is 4.96. The summed E-state index contributed by atoms with van der Waals surface area (Å²) in [4.78, 5) is 11.0. The molecule has 1 heterocycles. The van der Waals surface area contributed by atoms with Crippen molar-refractivity contribution in [2.75, 3.05) is 19.8 Å². The van der Waals surface area contributed by atoms with Crippen molar-refractivity contribution in [2.24, 2.45) is 23.7 Å². The van der Waals surface area contributed by atoms with Gasteiger partial charge in [0.1, 0.15) is 0 Å². The number of cyclic esters (lactones) is 1. The molecule has 1 saturated heterocycles. The molecular weight excluding hydrogens is 256 g/mol. The van der Waals surface area contributed by atoms with E-state index in [-0.39, 0.29) is 25.1 Å². The minimum absolute atomic E-state index is 0.0599. The van der Waals surface area contributed by atoms with Crippen LogP contribution in [-0.2, 0) is 9.53 Å². The lowest BCUT2D eigenvalue weighted by molar-refractivity contribution is -0.141. The van der Waals surface area contributed by atoms with E-state index in [9.17, 15) is 4.79 Å². The smallest absolute Gasteiger partial charge is 0.309 e. The van der Waals surface area contributed by atoms with E-state index in [1.54, 1.807) is 0 Å². The van der Waals surface area contributed by atoms with Gasteiger partial charge in [-0.1, -0.05) is 25.7 Å². The first kappa shape index (κ1) is 15.8. The number of hydrogen-bond donors (Lipinski definition) is 2. The standard InChI is InChI=1S/C8H12O2.C8H16O2/c9-8-7-4-2-1-3-6(7)5-10-8;9-5-7-3-1-2-4-8(7)6-10/h6-7H,1-5H2;7-10H,1-6H2. The van der Waals surface area contributed by atoms with Crippen LogP contribution in [0.15, 0.2) is 0 Å². The minimum atomic E-state index is 0.0599. The van der Waals surface area contributed by atoms with Crippen molar-refractivity contribution in [3.63, 3.8) is 0 Å². The van der Waals surface area contributed by atoms with Crippen molar-refractivity contribution in [3.8, 4) is 0 Å². The van der Waals surface area contributed by atoms with Crippen LogP contribution in [-0.4, -0.2) is 36.0 Å². The highest BCUT2D eigenvalue weighted by Gasteiger charge is 2.37. The predicted octanol–water partition coefficient (Wildman–Crippen LogP) is 2.13. The topological polar surface area (TPSA) is 66.8 Å². The van der Waals surface area contributed by atoms with Crippen molar-refractivity contribution in [1.82, 2.24) is 0 Å². The molecule has 0 aromatic heterocycles. The average Bonchev–Trinajstić information content (AvgIpc) is 2.90. The Labute approximate surface area is 121 Å². The van der Waals surface area contributed by atoms with Gasteiger partial charge in [0.2, 0.25) is 0 Å². The highest BCUT2D eigenvalue weighted by atomic mass is 16.5. The molecule has 116 valence electrons. The molecule has 20 heavy (non-hydrogen) atoms. The van der Waals surface area contributed by atoms with E-state index >= 15 is 0 Å². The van der Waals surface area contributed by atoms with E-state index in [1.807, 2.05) is 0 Å². The molecule has 2 N–H and O–H groups in total. The number of rotatable bonds is 2. The molecule has 4 heteroatoms. The third kappa shape index (κ3) is 3.95. The lowest BCUT2D eigenvalue weighted by Gasteiger charge is -2.28. The Balaban J connectivity index is 0.000000147. The van der Waals surface area contributed by atoms with Gasteiger partial charge in [-0.2, -0.15) is 0 Å². The van der Waals surface area contributed by atoms with E-state index in [0.717, 1.165) is 19.3 Å². The number of fused-ring (bicyclic) bond motifs is 1. The second kappa shape index (κ2) is 7.99. The number of aliphatic hydroxyl groups excluding tert-OH is 2. The molecule has 3 rings (SSSR count). The molecular formula is C16H28O4. The van der Waals surface area contributed by atoms with Gasteiger partial charge in [-0.3, -0.25) is 4.79 Å². The van der Waals surface area contributed by atoms with Crippen LogP contribution in [0.25, 0.3) is 0 Å². The van der Waals surface area contributed by atoms with Gasteiger partial charge >= 0.3 is 5.97 Å². The second-order valence-corrected chi connectivity index (χ2v) is 6.45. The van der Waals surface area contributed by atoms with Gasteiger partial charge in [0.25, 0.3) is 0 Å². The van der Waals surface area contributed by atoms with Crippen LogP contribution in [0.5, 0.6) is 0 Å². The molecule has 2 aliphatic carbocycles. The minimum Gasteiger partial charge on any atom is -0.465 e. The van der Waals surface area contributed by atoms with Gasteiger partial charge < -0.3 is 14.9 Å². The van der Waals surface area contributed by atoms with E-state index in [1.165, 1.54) is 32.1 Å². The normalized spacial score (nSPS) is 36.6. The maximum atomic E-state index is 11.0. The Morgan fingerprint density at radius 2 is 1.45 bits per heavy atom. The van der Waals surface area contributed by atoms with E-state index in [4.69, 9.17) is 14.9 Å². The third-order valence-corrected chi connectivity index (χ3v) is 5.19. The molecule has 1 aliphatic heterocycles. The summed E-state index contributed by atoms with van der Waals surface area (Å²) in [5, 5.41) is 17.8. The molecule has 3 aliphatic rings. The SMILES string of the molecule is O=C1OCC2CCCCC12.OCC1CCCCC1CO. The van der Waals surface area contributed by atoms with Crippen molar-refractivity contribution < 1.29 is 19.7 Å². The summed E-state index contributed by atoms with van der Waals surface area (Å²) >= 11 is 0. The highest BCUT2D eigenvalue weighted by Crippen LogP contribution is 2.35. The monoisotopic (exact) mass is 284 g/mol. The first-order valence-electron chi connectivity index (χ1n) is 8.14. The summed E-state index contributed by atoms with van der Waals surface area (Å²) in [6, 6.07) is 0. The van der Waals surface area contributed by atoms with Crippen LogP contribution in [0.4, 0.5) is 0 Å². The summed E-state index contributed by atoms with van der Waals surface area (Å²) in [7, 11) is 0. The first-order valence-corrected chi connectivity index (χ1v) is 8.14. The Morgan fingerprint density at radius 1 is 0.900 bits per heavy atom. The van der Waals surface area contributed by atoms with Crippen LogP contribution in [0.3, 0.4) is 0 Å². The highest BCUT2D eigenvalue weighted by molar-refractivity contribution is 5.74. The van der Waals surface area contributed by atoms with Crippen LogP contribution in [0, 0.1) is 23.7 Å². The van der Waals surface area contributed by atoms with Gasteiger partial charge in [0.15, 0.2) is 0 Å². The van der Waals surface area contributed by atoms with Gasteiger partial charge in [-0.25, -0.2) is 0 Å². The average molecular weight is 284 g/mol. The van der Waals surface area contributed by atoms with E-state index in [2.05, 4.69) is 0 Å². The van der Waals surface area contributed by atoms with Crippen LogP contribution >= 0.6 is 0 Å². The summed E-state index contributed by atoms with van der Waals surface area (Å²) in [6.45, 7) is 1.21. The Hall–Kier alpha value is -0.610. The van der Waals surface area contributed by atoms with Gasteiger partial charge in [0.05, 0.1) is 12.5 Å². The molecule has 4 atom stereocenters. The van der Waals surface area contributed by atoms with Crippen molar-refractivity contribution in [3.05, 3.63) is 0 Å². The second-order valence-electron chi connectivity index (χ2n) is 6.45. The van der Waals surface area contributed by atoms with Crippen molar-refractivity contribution in [2.45, 2.75) is 51.4 Å². The molecule has 0 spiro atoms. The number of ether oxygens (including phenoxy) is 1. The Kier molecular flexibility index (Phi) is 6.30. The molecule has 0 amide bonds. The molecule has 3 fully saturated rings. The molecule has 4 unspecified atom stereocenters. The zero-order chi connectivity index (χ0) is 14.4. The Morgan fingerprint density at radius 3 is 2.00 bits per heavy atom. The maximum Gasteiger partial charge on any atom is 0.309 e. The zero-order valence-electron chi connectivity index (χ0n) is 12.3. The van der Waals surface area contributed by atoms with Gasteiger partial charge in [-0.15, -0.1) is 0 Å². The summed E-state index contributed by atoms with van der Waals surface area (Å²) in [6.07, 6.45) is 9.43. The fourth-order valence-electron chi connectivity index (χ4n) is 3.78. The number of carbonyl (C=O) groups excluding carboxylic acids is 1. The quantitative estimate of drug-likeness (QED) is 0.762. The summed E-state index contributed by atoms with van der Waals surface area (Å²) in [5.41, 5.74) is 0. The molecule has 2 saturated carbocycles. The largest absolute Gasteiger partial charge is 0.465 e. The molecule has 0 radical (unpaired) electrons. The van der Waals surface area contributed by atoms with Crippen molar-refractivity contribution >= 4 is 5.97 Å². The van der Waals surface area contributed by atoms with Crippen LogP contribution < -0.4 is 0 Å². The van der Waals surface area contributed by atoms with E-state index in [0.29, 0.717) is 24.4 Å². The first-order chi connectivity index (χ1) is 9.76. The van der Waals surface area contributed by atoms with Crippen LogP contribution in [0.2, 0.25) is 0 Å². The number of hydrogen-bond acceptors (Lipinski definition) is 4. The predicted molar refractivity (Wildman–Crippen MR) is 76.0 cm³/mol. The van der Waals surface area contributed by atoms with Gasteiger partial charge in [0, 0.05) is 19.1 Å². The fraction of sp³-hybridized carbons (Fsp3) is 0.938. The maximum absolute atomic E-state index is 11.0. The summed E-state index contributed by atoms with van der Waals surface area (Å²) in [5.74, 6) is 1.65. The van der Waals surface area contributed by atoms with Gasteiger partial charge in [-0.05, 0) is 37.5 Å². The lowest BCUT2D eigenvalue weighted by Crippen LogP contribution is -2.25.